The Hall–Kier alpha value is -0.0900. The van der Waals surface area contributed by atoms with Gasteiger partial charge in [0.25, 0.3) is 0 Å². The monoisotopic (exact) mass is 375 g/mol. The third-order valence-electron chi connectivity index (χ3n) is 5.96. The van der Waals surface area contributed by atoms with Gasteiger partial charge in [0.1, 0.15) is 0 Å². The maximum Gasteiger partial charge on any atom is 0.232 e. The fraction of sp³-hybridized carbons (Fsp3) is 0.857. The predicted octanol–water partition coefficient (Wildman–Crippen LogP) is -0.788. The van der Waals surface area contributed by atoms with Crippen LogP contribution in [0.2, 0.25) is 0 Å². The summed E-state index contributed by atoms with van der Waals surface area (Å²) >= 11 is 9.79. The molecule has 0 bridgehead atoms. The van der Waals surface area contributed by atoms with Crippen LogP contribution in [0.1, 0.15) is 0 Å². The van der Waals surface area contributed by atoms with E-state index in [1.807, 2.05) is 9.80 Å². The summed E-state index contributed by atoms with van der Waals surface area (Å²) in [6.07, 6.45) is 0. The van der Waals surface area contributed by atoms with E-state index in [4.69, 9.17) is 0 Å². The van der Waals surface area contributed by atoms with E-state index in [0.29, 0.717) is 26.2 Å². The van der Waals surface area contributed by atoms with Crippen molar-refractivity contribution in [1.29, 1.82) is 0 Å². The second-order valence-corrected chi connectivity index (χ2v) is 9.13. The summed E-state index contributed by atoms with van der Waals surface area (Å²) in [7, 11) is 0. The number of carbonyl (C=O) groups is 2. The standard InChI is InChI=1S/C14H21N3O3S3/c18-10(1-21)15-3-12-5-16(11(19)2-22)6-13(12,4-15)8-17(7-12)14(20)9-23-14/h20-22H,1-9H2/t12?,13?,14-/m0/s1. The molecule has 4 heterocycles. The molecule has 6 nitrogen and oxygen atoms in total. The lowest BCUT2D eigenvalue weighted by Crippen LogP contribution is -2.47. The van der Waals surface area contributed by atoms with Crippen LogP contribution in [-0.2, 0) is 9.59 Å². The number of likely N-dealkylation sites (tertiary alicyclic amines) is 3. The molecule has 0 spiro atoms. The van der Waals surface area contributed by atoms with E-state index < -0.39 is 5.06 Å². The van der Waals surface area contributed by atoms with Gasteiger partial charge in [-0.2, -0.15) is 25.3 Å². The molecule has 4 aliphatic heterocycles. The van der Waals surface area contributed by atoms with Crippen molar-refractivity contribution in [3.8, 4) is 0 Å². The van der Waals surface area contributed by atoms with Crippen molar-refractivity contribution in [2.24, 2.45) is 10.8 Å². The number of thioether (sulfide) groups is 1. The van der Waals surface area contributed by atoms with E-state index in [1.165, 1.54) is 0 Å². The lowest BCUT2D eigenvalue weighted by molar-refractivity contribution is -0.130. The first-order chi connectivity index (χ1) is 10.9. The first kappa shape index (κ1) is 16.4. The van der Waals surface area contributed by atoms with E-state index in [9.17, 15) is 14.7 Å². The molecule has 0 aliphatic carbocycles. The van der Waals surface area contributed by atoms with Crippen molar-refractivity contribution < 1.29 is 14.7 Å². The van der Waals surface area contributed by atoms with Crippen LogP contribution in [0.3, 0.4) is 0 Å². The quantitative estimate of drug-likeness (QED) is 0.446. The number of hydrogen-bond donors (Lipinski definition) is 3. The Morgan fingerprint density at radius 2 is 1.30 bits per heavy atom. The molecular formula is C14H21N3O3S3. The SMILES string of the molecule is O=C(CS)N1CC23CN(C(=O)CS)CC2(C1)CN([C@]1(O)CS1)C3. The van der Waals surface area contributed by atoms with Gasteiger partial charge in [0.05, 0.1) is 17.3 Å². The van der Waals surface area contributed by atoms with Gasteiger partial charge in [0.2, 0.25) is 11.8 Å². The summed E-state index contributed by atoms with van der Waals surface area (Å²) < 4.78 is 0. The minimum absolute atomic E-state index is 0.0570. The van der Waals surface area contributed by atoms with Gasteiger partial charge in [-0.05, 0) is 0 Å². The highest BCUT2D eigenvalue weighted by Gasteiger charge is 2.71. The molecule has 128 valence electrons. The Labute approximate surface area is 150 Å². The lowest BCUT2D eigenvalue weighted by atomic mass is 9.71. The summed E-state index contributed by atoms with van der Waals surface area (Å²) in [5, 5.41) is 9.75. The van der Waals surface area contributed by atoms with Crippen LogP contribution in [0.25, 0.3) is 0 Å². The molecule has 1 N–H and O–H groups in total. The molecule has 4 rings (SSSR count). The van der Waals surface area contributed by atoms with Crippen molar-refractivity contribution in [2.45, 2.75) is 5.06 Å². The average molecular weight is 376 g/mol. The third kappa shape index (κ3) is 2.27. The normalized spacial score (nSPS) is 42.0. The van der Waals surface area contributed by atoms with Crippen molar-refractivity contribution in [2.75, 3.05) is 56.5 Å². The molecule has 4 saturated heterocycles. The fourth-order valence-corrected chi connectivity index (χ4v) is 5.74. The van der Waals surface area contributed by atoms with Crippen molar-refractivity contribution >= 4 is 48.8 Å². The molecule has 0 aromatic carbocycles. The molecule has 0 aromatic rings. The molecular weight excluding hydrogens is 354 g/mol. The Balaban J connectivity index is 1.62. The summed E-state index contributed by atoms with van der Waals surface area (Å²) in [6.45, 7) is 4.09. The third-order valence-corrected chi connectivity index (χ3v) is 7.56. The van der Waals surface area contributed by atoms with Crippen LogP contribution in [0, 0.1) is 10.8 Å². The summed E-state index contributed by atoms with van der Waals surface area (Å²) in [5.74, 6) is 1.30. The van der Waals surface area contributed by atoms with Crippen LogP contribution in [-0.4, -0.2) is 93.2 Å². The van der Waals surface area contributed by atoms with Gasteiger partial charge >= 0.3 is 0 Å². The largest absolute Gasteiger partial charge is 0.366 e. The van der Waals surface area contributed by atoms with Gasteiger partial charge < -0.3 is 14.9 Å². The number of aliphatic hydroxyl groups is 1. The highest BCUT2D eigenvalue weighted by Crippen LogP contribution is 2.60. The molecule has 4 aliphatic rings. The van der Waals surface area contributed by atoms with Crippen LogP contribution in [0.4, 0.5) is 0 Å². The first-order valence-electron chi connectivity index (χ1n) is 7.76. The minimum Gasteiger partial charge on any atom is -0.366 e. The second-order valence-electron chi connectivity index (χ2n) is 7.26. The molecule has 0 radical (unpaired) electrons. The Morgan fingerprint density at radius 3 is 1.61 bits per heavy atom. The van der Waals surface area contributed by atoms with Gasteiger partial charge in [-0.3, -0.25) is 14.5 Å². The molecule has 1 atom stereocenters. The summed E-state index contributed by atoms with van der Waals surface area (Å²) in [6, 6.07) is 0. The molecule has 0 unspecified atom stereocenters. The Bertz CT molecular complexity index is 517. The molecule has 23 heavy (non-hydrogen) atoms. The molecule has 0 saturated carbocycles. The zero-order chi connectivity index (χ0) is 16.5. The Morgan fingerprint density at radius 1 is 0.913 bits per heavy atom. The minimum atomic E-state index is -0.724. The topological polar surface area (TPSA) is 64.1 Å². The van der Waals surface area contributed by atoms with Gasteiger partial charge in [-0.1, -0.05) is 0 Å². The zero-order valence-electron chi connectivity index (χ0n) is 12.8. The van der Waals surface area contributed by atoms with Crippen LogP contribution >= 0.6 is 37.0 Å². The average Bonchev–Trinajstić information content (AvgIpc) is 2.95. The highest BCUT2D eigenvalue weighted by atomic mass is 32.2. The van der Waals surface area contributed by atoms with Crippen LogP contribution in [0.5, 0.6) is 0 Å². The Kier molecular flexibility index (Phi) is 3.71. The number of thiol groups is 2. The van der Waals surface area contributed by atoms with E-state index >= 15 is 0 Å². The maximum atomic E-state index is 12.1. The van der Waals surface area contributed by atoms with E-state index in [-0.39, 0.29) is 34.2 Å². The fourth-order valence-electron chi connectivity index (χ4n) is 4.71. The number of carbonyl (C=O) groups excluding carboxylic acids is 2. The van der Waals surface area contributed by atoms with Crippen molar-refractivity contribution in [1.82, 2.24) is 14.7 Å². The maximum absolute atomic E-state index is 12.1. The first-order valence-corrected chi connectivity index (χ1v) is 10.0. The van der Waals surface area contributed by atoms with E-state index in [2.05, 4.69) is 30.2 Å². The number of hydrogen-bond acceptors (Lipinski definition) is 7. The van der Waals surface area contributed by atoms with Gasteiger partial charge in [0.15, 0.2) is 5.06 Å². The van der Waals surface area contributed by atoms with Gasteiger partial charge in [0, 0.05) is 50.1 Å². The van der Waals surface area contributed by atoms with E-state index in [1.54, 1.807) is 11.8 Å². The van der Waals surface area contributed by atoms with Crippen molar-refractivity contribution in [3.05, 3.63) is 0 Å². The second kappa shape index (κ2) is 5.20. The molecule has 2 amide bonds. The molecule has 0 aromatic heterocycles. The van der Waals surface area contributed by atoms with Gasteiger partial charge in [-0.15, -0.1) is 11.8 Å². The smallest absolute Gasteiger partial charge is 0.232 e. The van der Waals surface area contributed by atoms with Crippen molar-refractivity contribution in [3.63, 3.8) is 0 Å². The molecule has 4 fully saturated rings. The van der Waals surface area contributed by atoms with Crippen LogP contribution in [0.15, 0.2) is 0 Å². The summed E-state index contributed by atoms with van der Waals surface area (Å²) in [4.78, 5) is 30.2. The van der Waals surface area contributed by atoms with E-state index in [0.717, 1.165) is 18.8 Å². The number of amides is 2. The number of rotatable bonds is 3. The summed E-state index contributed by atoms with van der Waals surface area (Å²) in [5.41, 5.74) is -0.272. The lowest BCUT2D eigenvalue weighted by Gasteiger charge is -2.32. The molecule has 9 heteroatoms. The van der Waals surface area contributed by atoms with Crippen LogP contribution < -0.4 is 0 Å². The zero-order valence-corrected chi connectivity index (χ0v) is 15.4. The highest BCUT2D eigenvalue weighted by molar-refractivity contribution is 8.07. The predicted molar refractivity (Wildman–Crippen MR) is 94.7 cm³/mol. The number of nitrogens with zero attached hydrogens (tertiary/aromatic N) is 3. The van der Waals surface area contributed by atoms with Gasteiger partial charge in [-0.25, -0.2) is 0 Å².